The van der Waals surface area contributed by atoms with Crippen molar-refractivity contribution < 1.29 is 9.53 Å². The van der Waals surface area contributed by atoms with Crippen LogP contribution in [0.4, 0.5) is 0 Å². The topological polar surface area (TPSA) is 41.6 Å². The van der Waals surface area contributed by atoms with Crippen molar-refractivity contribution in [2.75, 3.05) is 26.7 Å². The number of carbonyl (C=O) groups excluding carboxylic acids is 1. The van der Waals surface area contributed by atoms with E-state index in [1.807, 2.05) is 13.8 Å². The van der Waals surface area contributed by atoms with Crippen LogP contribution in [0.1, 0.15) is 52.9 Å². The molecule has 3 atom stereocenters. The largest absolute Gasteiger partial charge is 0.465 e. The minimum Gasteiger partial charge on any atom is -0.465 e. The van der Waals surface area contributed by atoms with E-state index < -0.39 is 0 Å². The van der Waals surface area contributed by atoms with Crippen LogP contribution in [0.2, 0.25) is 0 Å². The number of nitrogens with zero attached hydrogens (tertiary/aromatic N) is 1. The molecule has 1 rings (SSSR count). The lowest BCUT2D eigenvalue weighted by Crippen LogP contribution is -2.44. The SMILES string of the molecule is CCNC(CCN(C)C1CCCCC1C)C(=O)OCC. The van der Waals surface area contributed by atoms with Gasteiger partial charge in [-0.3, -0.25) is 4.79 Å². The maximum Gasteiger partial charge on any atom is 0.323 e. The second kappa shape index (κ2) is 9.35. The Morgan fingerprint density at radius 2 is 2.05 bits per heavy atom. The third-order valence-electron chi connectivity index (χ3n) is 4.42. The quantitative estimate of drug-likeness (QED) is 0.695. The van der Waals surface area contributed by atoms with Crippen molar-refractivity contribution in [1.29, 1.82) is 0 Å². The summed E-state index contributed by atoms with van der Waals surface area (Å²) in [6, 6.07) is 0.509. The van der Waals surface area contributed by atoms with Crippen LogP contribution in [0.5, 0.6) is 0 Å². The Morgan fingerprint density at radius 1 is 1.35 bits per heavy atom. The molecule has 1 N–H and O–H groups in total. The highest BCUT2D eigenvalue weighted by Crippen LogP contribution is 2.27. The Hall–Kier alpha value is -0.610. The number of esters is 1. The van der Waals surface area contributed by atoms with E-state index >= 15 is 0 Å². The molecule has 3 unspecified atom stereocenters. The smallest absolute Gasteiger partial charge is 0.323 e. The Bertz CT molecular complexity index is 284. The predicted octanol–water partition coefficient (Wildman–Crippen LogP) is 2.43. The number of hydrogen-bond donors (Lipinski definition) is 1. The highest BCUT2D eigenvalue weighted by atomic mass is 16.5. The van der Waals surface area contributed by atoms with Crippen LogP contribution in [0.3, 0.4) is 0 Å². The van der Waals surface area contributed by atoms with Crippen LogP contribution in [0.25, 0.3) is 0 Å². The van der Waals surface area contributed by atoms with E-state index in [9.17, 15) is 4.79 Å². The molecule has 0 bridgehead atoms. The Balaban J connectivity index is 2.42. The second-order valence-electron chi connectivity index (χ2n) is 5.96. The molecule has 0 aromatic heterocycles. The van der Waals surface area contributed by atoms with E-state index in [4.69, 9.17) is 4.74 Å². The lowest BCUT2D eigenvalue weighted by molar-refractivity contribution is -0.145. The highest BCUT2D eigenvalue weighted by molar-refractivity contribution is 5.75. The first kappa shape index (κ1) is 17.4. The lowest BCUT2D eigenvalue weighted by Gasteiger charge is -2.36. The van der Waals surface area contributed by atoms with Gasteiger partial charge in [0, 0.05) is 12.6 Å². The van der Waals surface area contributed by atoms with Crippen molar-refractivity contribution in [3.05, 3.63) is 0 Å². The zero-order valence-electron chi connectivity index (χ0n) is 13.7. The van der Waals surface area contributed by atoms with E-state index in [1.165, 1.54) is 25.7 Å². The molecule has 0 spiro atoms. The van der Waals surface area contributed by atoms with E-state index in [1.54, 1.807) is 0 Å². The monoisotopic (exact) mass is 284 g/mol. The fourth-order valence-electron chi connectivity index (χ4n) is 3.24. The van der Waals surface area contributed by atoms with Crippen LogP contribution in [0, 0.1) is 5.92 Å². The van der Waals surface area contributed by atoms with Gasteiger partial charge in [0.2, 0.25) is 0 Å². The molecule has 0 amide bonds. The Morgan fingerprint density at radius 3 is 2.65 bits per heavy atom. The maximum absolute atomic E-state index is 11.9. The van der Waals surface area contributed by atoms with Gasteiger partial charge >= 0.3 is 5.97 Å². The third-order valence-corrected chi connectivity index (χ3v) is 4.42. The Kier molecular flexibility index (Phi) is 8.15. The first-order valence-electron chi connectivity index (χ1n) is 8.20. The summed E-state index contributed by atoms with van der Waals surface area (Å²) in [5.74, 6) is 0.661. The summed E-state index contributed by atoms with van der Waals surface area (Å²) in [4.78, 5) is 14.3. The minimum atomic E-state index is -0.165. The molecule has 0 radical (unpaired) electrons. The number of hydrogen-bond acceptors (Lipinski definition) is 4. The second-order valence-corrected chi connectivity index (χ2v) is 5.96. The predicted molar refractivity (Wildman–Crippen MR) is 82.8 cm³/mol. The normalized spacial score (nSPS) is 24.6. The summed E-state index contributed by atoms with van der Waals surface area (Å²) in [6.45, 7) is 8.44. The number of carbonyl (C=O) groups is 1. The van der Waals surface area contributed by atoms with Crippen LogP contribution < -0.4 is 5.32 Å². The molecule has 4 nitrogen and oxygen atoms in total. The van der Waals surface area contributed by atoms with E-state index in [2.05, 4.69) is 24.2 Å². The molecule has 0 aromatic rings. The summed E-state index contributed by atoms with van der Waals surface area (Å²) >= 11 is 0. The summed E-state index contributed by atoms with van der Waals surface area (Å²) in [6.07, 6.45) is 6.17. The van der Waals surface area contributed by atoms with Crippen LogP contribution in [-0.4, -0.2) is 49.7 Å². The van der Waals surface area contributed by atoms with Gasteiger partial charge in [-0.15, -0.1) is 0 Å². The van der Waals surface area contributed by atoms with Crippen molar-refractivity contribution in [2.45, 2.75) is 65.0 Å². The molecule has 1 aliphatic rings. The summed E-state index contributed by atoms with van der Waals surface area (Å²) in [5, 5.41) is 3.24. The standard InChI is InChI=1S/C16H32N2O2/c1-5-17-14(16(19)20-6-2)11-12-18(4)15-10-8-7-9-13(15)3/h13-15,17H,5-12H2,1-4H3. The summed E-state index contributed by atoms with van der Waals surface area (Å²) in [7, 11) is 2.20. The van der Waals surface area contributed by atoms with Gasteiger partial charge in [-0.2, -0.15) is 0 Å². The van der Waals surface area contributed by atoms with E-state index in [-0.39, 0.29) is 12.0 Å². The van der Waals surface area contributed by atoms with Crippen molar-refractivity contribution in [2.24, 2.45) is 5.92 Å². The molecular formula is C16H32N2O2. The van der Waals surface area contributed by atoms with Crippen LogP contribution in [0.15, 0.2) is 0 Å². The molecule has 4 heteroatoms. The molecule has 1 saturated carbocycles. The van der Waals surface area contributed by atoms with Gasteiger partial charge in [0.15, 0.2) is 0 Å². The molecule has 1 fully saturated rings. The van der Waals surface area contributed by atoms with Crippen molar-refractivity contribution in [3.63, 3.8) is 0 Å². The highest BCUT2D eigenvalue weighted by Gasteiger charge is 2.26. The first-order valence-corrected chi connectivity index (χ1v) is 8.20. The van der Waals surface area contributed by atoms with Crippen molar-refractivity contribution in [1.82, 2.24) is 10.2 Å². The first-order chi connectivity index (χ1) is 9.60. The van der Waals surface area contributed by atoms with E-state index in [0.29, 0.717) is 12.6 Å². The fraction of sp³-hybridized carbons (Fsp3) is 0.938. The zero-order chi connectivity index (χ0) is 15.0. The molecule has 0 aromatic carbocycles. The zero-order valence-corrected chi connectivity index (χ0v) is 13.7. The van der Waals surface area contributed by atoms with Gasteiger partial charge in [-0.1, -0.05) is 26.7 Å². The molecule has 1 aliphatic carbocycles. The average molecular weight is 284 g/mol. The van der Waals surface area contributed by atoms with Gasteiger partial charge in [0.1, 0.15) is 6.04 Å². The third kappa shape index (κ3) is 5.41. The molecule has 118 valence electrons. The lowest BCUT2D eigenvalue weighted by atomic mass is 9.85. The average Bonchev–Trinajstić information content (AvgIpc) is 2.43. The van der Waals surface area contributed by atoms with Gasteiger partial charge in [-0.05, 0) is 45.7 Å². The number of likely N-dealkylation sites (N-methyl/N-ethyl adjacent to an activating group) is 1. The summed E-state index contributed by atoms with van der Waals surface area (Å²) in [5.41, 5.74) is 0. The van der Waals surface area contributed by atoms with Crippen molar-refractivity contribution >= 4 is 5.97 Å². The van der Waals surface area contributed by atoms with Gasteiger partial charge in [0.25, 0.3) is 0 Å². The summed E-state index contributed by atoms with van der Waals surface area (Å²) < 4.78 is 5.14. The fourth-order valence-corrected chi connectivity index (χ4v) is 3.24. The molecule has 0 aliphatic heterocycles. The maximum atomic E-state index is 11.9. The van der Waals surface area contributed by atoms with Crippen LogP contribution >= 0.6 is 0 Å². The number of ether oxygens (including phenoxy) is 1. The van der Waals surface area contributed by atoms with Crippen LogP contribution in [-0.2, 0) is 9.53 Å². The van der Waals surface area contributed by atoms with E-state index in [0.717, 1.165) is 25.4 Å². The molecular weight excluding hydrogens is 252 g/mol. The van der Waals surface area contributed by atoms with Gasteiger partial charge in [0.05, 0.1) is 6.61 Å². The molecule has 0 heterocycles. The van der Waals surface area contributed by atoms with Gasteiger partial charge < -0.3 is 15.0 Å². The van der Waals surface area contributed by atoms with Gasteiger partial charge in [-0.25, -0.2) is 0 Å². The molecule has 20 heavy (non-hydrogen) atoms. The number of nitrogens with one attached hydrogen (secondary N) is 1. The number of rotatable bonds is 8. The molecule has 0 saturated heterocycles. The minimum absolute atomic E-state index is 0.112. The van der Waals surface area contributed by atoms with Crippen molar-refractivity contribution in [3.8, 4) is 0 Å². The Labute approximate surface area is 124 Å².